The predicted octanol–water partition coefficient (Wildman–Crippen LogP) is 11.8. The van der Waals surface area contributed by atoms with E-state index in [4.69, 9.17) is 40.0 Å². The Bertz CT molecular complexity index is 2120. The summed E-state index contributed by atoms with van der Waals surface area (Å²) in [6.45, 7) is 32.8. The molecule has 1 N–H and O–H groups in total. The van der Waals surface area contributed by atoms with Crippen LogP contribution < -0.4 is 18.9 Å². The fourth-order valence-corrected chi connectivity index (χ4v) is 5.51. The van der Waals surface area contributed by atoms with Crippen molar-refractivity contribution >= 4 is 34.8 Å². The van der Waals surface area contributed by atoms with Gasteiger partial charge in [-0.2, -0.15) is 0 Å². The summed E-state index contributed by atoms with van der Waals surface area (Å²) in [6, 6.07) is 29.9. The first-order valence-corrected chi connectivity index (χ1v) is 22.1. The Kier molecular flexibility index (Phi) is 21.4. The van der Waals surface area contributed by atoms with Crippen molar-refractivity contribution in [2.75, 3.05) is 13.2 Å². The number of halogens is 1. The molecule has 67 heavy (non-hydrogen) atoms. The lowest BCUT2D eigenvalue weighted by atomic mass is 10.0. The third-order valence-electron chi connectivity index (χ3n) is 8.04. The molecule has 0 bridgehead atoms. The smallest absolute Gasteiger partial charge is 0.345 e. The van der Waals surface area contributed by atoms with Crippen LogP contribution in [0.1, 0.15) is 131 Å². The maximum atomic E-state index is 12.5. The number of aliphatic hydroxyl groups excluding tert-OH is 1. The van der Waals surface area contributed by atoms with Crippen molar-refractivity contribution in [3.63, 3.8) is 0 Å². The molecule has 4 rings (SSSR count). The number of esters is 3. The summed E-state index contributed by atoms with van der Waals surface area (Å²) in [7, 11) is 0. The number of carbonyl (C=O) groups excluding carboxylic acids is 4. The lowest BCUT2D eigenvalue weighted by molar-refractivity contribution is -0.159. The van der Waals surface area contributed by atoms with Crippen molar-refractivity contribution in [3.8, 4) is 23.0 Å². The number of hydrogen-bond donors (Lipinski definition) is 1. The van der Waals surface area contributed by atoms with Gasteiger partial charge in [-0.1, -0.05) is 61.7 Å². The topological polar surface area (TPSA) is 153 Å². The predicted molar refractivity (Wildman–Crippen MR) is 262 cm³/mol. The molecule has 0 radical (unpaired) electrons. The molecule has 0 atom stereocenters. The second-order valence-corrected chi connectivity index (χ2v) is 19.9. The first-order chi connectivity index (χ1) is 30.8. The van der Waals surface area contributed by atoms with Crippen LogP contribution in [0.2, 0.25) is 0 Å². The van der Waals surface area contributed by atoms with Gasteiger partial charge in [0.1, 0.15) is 51.5 Å². The van der Waals surface area contributed by atoms with Gasteiger partial charge in [-0.3, -0.25) is 4.79 Å². The highest BCUT2D eigenvalue weighted by atomic mass is 35.5. The molecular weight excluding hydrogens is 876 g/mol. The fourth-order valence-electron chi connectivity index (χ4n) is 5.45. The summed E-state index contributed by atoms with van der Waals surface area (Å²) >= 11 is 4.88. The van der Waals surface area contributed by atoms with Crippen LogP contribution >= 0.6 is 11.6 Å². The Hall–Kier alpha value is -6.11. The van der Waals surface area contributed by atoms with Crippen molar-refractivity contribution in [2.24, 2.45) is 0 Å². The average Bonchev–Trinajstić information content (AvgIpc) is 3.20. The Morgan fingerprint density at radius 3 is 0.970 bits per heavy atom. The molecule has 0 aliphatic carbocycles. The van der Waals surface area contributed by atoms with Gasteiger partial charge in [0.2, 0.25) is 0 Å². The molecule has 0 unspecified atom stereocenters. The maximum Gasteiger partial charge on any atom is 0.345 e. The third-order valence-corrected chi connectivity index (χ3v) is 8.15. The van der Waals surface area contributed by atoms with Gasteiger partial charge < -0.3 is 38.3 Å². The molecule has 0 saturated carbocycles. The van der Waals surface area contributed by atoms with E-state index in [2.05, 4.69) is 17.9 Å². The van der Waals surface area contributed by atoms with Crippen molar-refractivity contribution in [2.45, 2.75) is 132 Å². The Morgan fingerprint density at radius 2 is 0.731 bits per heavy atom. The van der Waals surface area contributed by atoms with E-state index in [9.17, 15) is 24.3 Å². The molecule has 0 saturated heterocycles. The molecule has 4 aromatic carbocycles. The second kappa shape index (κ2) is 25.1. The molecule has 0 aliphatic rings. The molecule has 0 spiro atoms. The molecule has 0 amide bonds. The molecule has 0 fully saturated rings. The van der Waals surface area contributed by atoms with Crippen molar-refractivity contribution in [1.29, 1.82) is 0 Å². The number of hydrogen-bond acceptors (Lipinski definition) is 12. The lowest BCUT2D eigenvalue weighted by Gasteiger charge is -2.23. The highest BCUT2D eigenvalue weighted by molar-refractivity contribution is 6.64. The van der Waals surface area contributed by atoms with Gasteiger partial charge in [0.05, 0.1) is 0 Å². The summed E-state index contributed by atoms with van der Waals surface area (Å²) in [6.07, 6.45) is -1.37. The van der Waals surface area contributed by atoms with Crippen molar-refractivity contribution in [3.05, 3.63) is 144 Å². The van der Waals surface area contributed by atoms with Crippen molar-refractivity contribution in [1.82, 2.24) is 0 Å². The highest BCUT2D eigenvalue weighted by Gasteiger charge is 2.23. The van der Waals surface area contributed by atoms with Crippen LogP contribution in [0, 0.1) is 0 Å². The van der Waals surface area contributed by atoms with Crippen LogP contribution in [-0.4, -0.2) is 63.9 Å². The van der Waals surface area contributed by atoms with E-state index >= 15 is 0 Å². The second-order valence-electron chi connectivity index (χ2n) is 19.5. The molecule has 13 heteroatoms. The van der Waals surface area contributed by atoms with E-state index < -0.39 is 48.6 Å². The van der Waals surface area contributed by atoms with E-state index in [-0.39, 0.29) is 33.6 Å². The zero-order valence-corrected chi connectivity index (χ0v) is 42.3. The van der Waals surface area contributed by atoms with Gasteiger partial charge in [0.25, 0.3) is 5.24 Å². The van der Waals surface area contributed by atoms with E-state index in [1.54, 1.807) is 0 Å². The number of rotatable bonds is 15. The van der Waals surface area contributed by atoms with Crippen LogP contribution in [0.4, 0.5) is 0 Å². The van der Waals surface area contributed by atoms with E-state index in [1.807, 2.05) is 180 Å². The monoisotopic (exact) mass is 944 g/mol. The van der Waals surface area contributed by atoms with E-state index in [0.717, 1.165) is 33.8 Å². The number of ether oxygens (including phenoxy) is 7. The molecule has 4 aromatic rings. The maximum absolute atomic E-state index is 12.5. The van der Waals surface area contributed by atoms with Crippen LogP contribution in [-0.2, 0) is 33.4 Å². The van der Waals surface area contributed by atoms with Gasteiger partial charge in [0, 0.05) is 11.1 Å². The SMILES string of the molecule is C=C(C)C(=O)OCC(=O)Cl.C=C(C)C(=O)OCC(=O)OC(c1ccc(OC(C)(C)C)cc1)c1ccc(OC(C)(C)C)cc1.CC(C)(C)Oc1ccc(C(O)c2ccc(OC(C)(C)C)cc2)cc1. The Labute approximate surface area is 402 Å². The Balaban J connectivity index is 0.000000394. The van der Waals surface area contributed by atoms with E-state index in [0.29, 0.717) is 11.5 Å². The minimum absolute atomic E-state index is 0.211. The third kappa shape index (κ3) is 23.8. The summed E-state index contributed by atoms with van der Waals surface area (Å²) in [5, 5.41) is 9.86. The van der Waals surface area contributed by atoms with Gasteiger partial charge in [-0.25, -0.2) is 14.4 Å². The fraction of sp³-hybridized carbons (Fsp3) is 0.407. The van der Waals surface area contributed by atoms with Gasteiger partial charge in [-0.05, 0) is 179 Å². The van der Waals surface area contributed by atoms with Crippen LogP contribution in [0.25, 0.3) is 0 Å². The van der Waals surface area contributed by atoms with Crippen molar-refractivity contribution < 1.29 is 57.4 Å². The molecule has 12 nitrogen and oxygen atoms in total. The lowest BCUT2D eigenvalue weighted by Crippen LogP contribution is -2.23. The quantitative estimate of drug-likeness (QED) is 0.0522. The van der Waals surface area contributed by atoms with Gasteiger partial charge in [0.15, 0.2) is 19.3 Å². The zero-order chi connectivity index (χ0) is 50.9. The minimum atomic E-state index is -0.701. The molecule has 0 aliphatic heterocycles. The minimum Gasteiger partial charge on any atom is -0.488 e. The normalized spacial score (nSPS) is 11.4. The molecule has 0 heterocycles. The average molecular weight is 946 g/mol. The summed E-state index contributed by atoms with van der Waals surface area (Å²) in [5.74, 6) is 1.10. The molecule has 0 aromatic heterocycles. The number of carbonyl (C=O) groups is 4. The Morgan fingerprint density at radius 1 is 0.478 bits per heavy atom. The van der Waals surface area contributed by atoms with E-state index in [1.165, 1.54) is 13.8 Å². The number of benzene rings is 4. The van der Waals surface area contributed by atoms with Gasteiger partial charge >= 0.3 is 17.9 Å². The molecular formula is C54H69ClO12. The van der Waals surface area contributed by atoms with Gasteiger partial charge in [-0.15, -0.1) is 0 Å². The first-order valence-electron chi connectivity index (χ1n) is 21.7. The summed E-state index contributed by atoms with van der Waals surface area (Å²) in [4.78, 5) is 44.6. The van der Waals surface area contributed by atoms with Crippen LogP contribution in [0.15, 0.2) is 121 Å². The highest BCUT2D eigenvalue weighted by Crippen LogP contribution is 2.31. The largest absolute Gasteiger partial charge is 0.488 e. The van der Waals surface area contributed by atoms with Crippen LogP contribution in [0.5, 0.6) is 23.0 Å². The summed E-state index contributed by atoms with van der Waals surface area (Å²) < 4.78 is 38.4. The molecule has 364 valence electrons. The standard InChI is InChI=1S/C27H34O6.C21H28O3.C6H7ClO3/c1-18(2)25(29)30-17-23(28)31-24(19-9-13-21(14-10-19)32-26(3,4)5)20-11-15-22(16-12-20)33-27(6,7)8;1-20(2,3)23-17-11-7-15(8-12-17)19(22)16-9-13-18(14-10-16)24-21(4,5)6;1-4(2)6(9)10-3-5(7)8/h9-16,24H,1,17H2,2-8H3;7-14,19,22H,1-6H3;1,3H2,2H3. The zero-order valence-electron chi connectivity index (χ0n) is 41.5. The van der Waals surface area contributed by atoms with Crippen LogP contribution in [0.3, 0.4) is 0 Å². The number of aliphatic hydroxyl groups is 1. The summed E-state index contributed by atoms with van der Waals surface area (Å²) in [5.41, 5.74) is 2.50. The first kappa shape index (κ1) is 57.0.